The number of carbonyl (C=O) groups is 4. The highest BCUT2D eigenvalue weighted by atomic mass is 16.6. The first-order valence-electron chi connectivity index (χ1n) is 13.6. The zero-order valence-electron chi connectivity index (χ0n) is 22.5. The number of benzene rings is 3. The van der Waals surface area contributed by atoms with Crippen molar-refractivity contribution in [2.45, 2.75) is 19.3 Å². The number of carbonyl (C=O) groups excluding carboxylic acids is 4. The summed E-state index contributed by atoms with van der Waals surface area (Å²) >= 11 is 0. The second-order valence-electron chi connectivity index (χ2n) is 10.8. The molecule has 13 heteroatoms. The lowest BCUT2D eigenvalue weighted by atomic mass is 9.81. The van der Waals surface area contributed by atoms with Gasteiger partial charge >= 0.3 is 0 Å². The number of imide groups is 1. The van der Waals surface area contributed by atoms with Crippen LogP contribution in [0.15, 0.2) is 72.8 Å². The molecule has 3 fully saturated rings. The fourth-order valence-electron chi connectivity index (χ4n) is 6.45. The fraction of sp³-hybridized carbons (Fsp3) is 0.267. The lowest BCUT2D eigenvalue weighted by Gasteiger charge is -2.30. The number of fused-ring (bicyclic) bond motifs is 5. The van der Waals surface area contributed by atoms with Crippen molar-refractivity contribution < 1.29 is 33.8 Å². The van der Waals surface area contributed by atoms with E-state index in [4.69, 9.17) is 4.74 Å². The number of non-ortho nitro benzene ring substituents is 2. The monoisotopic (exact) mass is 584 g/mol. The topological polar surface area (TPSA) is 170 Å². The molecule has 0 N–H and O–H groups in total. The average molecular weight is 585 g/mol. The van der Waals surface area contributed by atoms with E-state index in [-0.39, 0.29) is 34.3 Å². The fourth-order valence-corrected chi connectivity index (χ4v) is 6.45. The Kier molecular flexibility index (Phi) is 6.92. The maximum absolute atomic E-state index is 13.7. The van der Waals surface area contributed by atoms with Crippen molar-refractivity contribution in [2.24, 2.45) is 23.7 Å². The van der Waals surface area contributed by atoms with Crippen LogP contribution in [0, 0.1) is 43.9 Å². The normalized spacial score (nSPS) is 21.9. The van der Waals surface area contributed by atoms with Gasteiger partial charge in [0.05, 0.1) is 21.7 Å². The van der Waals surface area contributed by atoms with E-state index in [9.17, 15) is 39.4 Å². The van der Waals surface area contributed by atoms with E-state index >= 15 is 0 Å². The van der Waals surface area contributed by atoms with Crippen LogP contribution < -0.4 is 4.74 Å². The molecule has 3 aliphatic rings. The molecule has 3 aromatic rings. The molecule has 3 amide bonds. The molecule has 2 aliphatic carbocycles. The number of ketones is 1. The number of hydrogen-bond donors (Lipinski definition) is 0. The van der Waals surface area contributed by atoms with Crippen molar-refractivity contribution in [1.29, 1.82) is 0 Å². The van der Waals surface area contributed by atoms with Crippen molar-refractivity contribution >= 4 is 34.9 Å². The first-order chi connectivity index (χ1) is 20.6. The van der Waals surface area contributed by atoms with Crippen molar-refractivity contribution in [3.63, 3.8) is 0 Å². The summed E-state index contributed by atoms with van der Waals surface area (Å²) in [4.78, 5) is 75.0. The van der Waals surface area contributed by atoms with Gasteiger partial charge in [-0.1, -0.05) is 0 Å². The van der Waals surface area contributed by atoms with E-state index < -0.39 is 51.7 Å². The van der Waals surface area contributed by atoms with Crippen LogP contribution in [0.5, 0.6) is 11.5 Å². The molecule has 2 saturated carbocycles. The van der Waals surface area contributed by atoms with Crippen molar-refractivity contribution in [2.75, 3.05) is 6.54 Å². The van der Waals surface area contributed by atoms with E-state index in [1.54, 1.807) is 0 Å². The molecule has 3 aromatic carbocycles. The van der Waals surface area contributed by atoms with Gasteiger partial charge in [-0.05, 0) is 79.6 Å². The Labute approximate surface area is 243 Å². The molecule has 218 valence electrons. The summed E-state index contributed by atoms with van der Waals surface area (Å²) < 4.78 is 5.69. The van der Waals surface area contributed by atoms with E-state index in [1.807, 2.05) is 0 Å². The summed E-state index contributed by atoms with van der Waals surface area (Å²) in [7, 11) is 0. The number of rotatable bonds is 9. The van der Waals surface area contributed by atoms with E-state index in [1.165, 1.54) is 60.7 Å². The molecule has 1 heterocycles. The number of nitrogens with zero attached hydrogens (tertiary/aromatic N) is 4. The zero-order chi connectivity index (χ0) is 30.4. The van der Waals surface area contributed by atoms with Gasteiger partial charge in [0.25, 0.3) is 29.1 Å². The van der Waals surface area contributed by atoms with Gasteiger partial charge in [-0.3, -0.25) is 39.4 Å². The first kappa shape index (κ1) is 27.7. The van der Waals surface area contributed by atoms with Crippen molar-refractivity contribution in [1.82, 2.24) is 10.0 Å². The Hall–Kier alpha value is -5.46. The summed E-state index contributed by atoms with van der Waals surface area (Å²) in [6.07, 6.45) is 2.47. The first-order valence-corrected chi connectivity index (χ1v) is 13.6. The molecule has 43 heavy (non-hydrogen) atoms. The van der Waals surface area contributed by atoms with Gasteiger partial charge < -0.3 is 4.74 Å². The standard InChI is InChI=1S/C30H24N4O9/c35-25(17-5-11-23(12-6-17)43-24-13-9-22(10-14-24)34(41)42)16-31(28(36)18-3-7-21(8-4-18)33(39)40)32-29(37)26-19-1-2-20(15-19)27(26)30(32)38/h3-14,19-20,26-27H,1-2,15-16H2/t19-,20-,26-,27+/m0/s1. The highest BCUT2D eigenvalue weighted by molar-refractivity contribution is 6.10. The number of nitro benzene ring substituents is 2. The van der Waals surface area contributed by atoms with Gasteiger partial charge in [0, 0.05) is 35.4 Å². The summed E-state index contributed by atoms with van der Waals surface area (Å²) in [5, 5.41) is 23.6. The lowest BCUT2D eigenvalue weighted by Crippen LogP contribution is -2.52. The van der Waals surface area contributed by atoms with Crippen LogP contribution in [0.25, 0.3) is 0 Å². The van der Waals surface area contributed by atoms with Crippen LogP contribution in [0.3, 0.4) is 0 Å². The van der Waals surface area contributed by atoms with Crippen LogP contribution in [0.2, 0.25) is 0 Å². The number of amides is 3. The highest BCUT2D eigenvalue weighted by Crippen LogP contribution is 2.56. The molecule has 1 aliphatic heterocycles. The molecule has 6 rings (SSSR count). The molecule has 1 saturated heterocycles. The van der Waals surface area contributed by atoms with E-state index in [2.05, 4.69) is 0 Å². The SMILES string of the molecule is O=C(CN(C(=O)c1ccc([N+](=O)[O-])cc1)N1C(=O)[C@@H]2[C@H]3CC[C@@H](C3)[C@@H]2C1=O)c1ccc(Oc2ccc([N+](=O)[O-])cc2)cc1. The summed E-state index contributed by atoms with van der Waals surface area (Å²) in [6, 6.07) is 16.1. The van der Waals surface area contributed by atoms with Gasteiger partial charge in [-0.25, -0.2) is 5.01 Å². The molecule has 0 radical (unpaired) electrons. The van der Waals surface area contributed by atoms with Crippen molar-refractivity contribution in [3.05, 3.63) is 104 Å². The summed E-state index contributed by atoms with van der Waals surface area (Å²) in [5.74, 6) is -2.61. The van der Waals surface area contributed by atoms with Crippen molar-refractivity contribution in [3.8, 4) is 11.5 Å². The quantitative estimate of drug-likeness (QED) is 0.151. The van der Waals surface area contributed by atoms with Crippen LogP contribution in [0.4, 0.5) is 11.4 Å². The van der Waals surface area contributed by atoms with Gasteiger partial charge in [-0.2, -0.15) is 5.01 Å². The Bertz CT molecular complexity index is 1630. The molecule has 4 atom stereocenters. The Morgan fingerprint density at radius 2 is 1.19 bits per heavy atom. The third-order valence-electron chi connectivity index (χ3n) is 8.46. The number of Topliss-reactive ketones (excluding diaryl/α,β-unsaturated/α-hetero) is 1. The van der Waals surface area contributed by atoms with E-state index in [0.29, 0.717) is 11.5 Å². The molecular weight excluding hydrogens is 560 g/mol. The summed E-state index contributed by atoms with van der Waals surface area (Å²) in [6.45, 7) is -0.620. The Morgan fingerprint density at radius 3 is 1.67 bits per heavy atom. The minimum absolute atomic E-state index is 0.0223. The van der Waals surface area contributed by atoms with E-state index in [0.717, 1.165) is 41.4 Å². The molecular formula is C30H24N4O9. The molecule has 13 nitrogen and oxygen atoms in total. The third-order valence-corrected chi connectivity index (χ3v) is 8.46. The van der Waals surface area contributed by atoms with Gasteiger partial charge in [0.15, 0.2) is 5.78 Å². The molecule has 2 bridgehead atoms. The molecule has 0 spiro atoms. The van der Waals surface area contributed by atoms with Crippen LogP contribution in [-0.2, 0) is 9.59 Å². The van der Waals surface area contributed by atoms with Crippen LogP contribution in [0.1, 0.15) is 40.0 Å². The van der Waals surface area contributed by atoms with Gasteiger partial charge in [0.2, 0.25) is 0 Å². The number of hydrogen-bond acceptors (Lipinski definition) is 9. The van der Waals surface area contributed by atoms with Gasteiger partial charge in [0.1, 0.15) is 18.0 Å². The number of ether oxygens (including phenoxy) is 1. The number of hydrazine groups is 1. The molecule has 0 aromatic heterocycles. The average Bonchev–Trinajstić information content (AvgIpc) is 3.70. The molecule has 0 unspecified atom stereocenters. The Morgan fingerprint density at radius 1 is 0.744 bits per heavy atom. The van der Waals surface area contributed by atoms with Crippen LogP contribution >= 0.6 is 0 Å². The predicted molar refractivity (Wildman–Crippen MR) is 148 cm³/mol. The zero-order valence-corrected chi connectivity index (χ0v) is 22.5. The largest absolute Gasteiger partial charge is 0.457 e. The third kappa shape index (κ3) is 4.98. The smallest absolute Gasteiger partial charge is 0.273 e. The highest BCUT2D eigenvalue weighted by Gasteiger charge is 2.62. The maximum Gasteiger partial charge on any atom is 0.273 e. The number of nitro groups is 2. The minimum Gasteiger partial charge on any atom is -0.457 e. The lowest BCUT2D eigenvalue weighted by molar-refractivity contribution is -0.385. The maximum atomic E-state index is 13.7. The second-order valence-corrected chi connectivity index (χ2v) is 10.8. The predicted octanol–water partition coefficient (Wildman–Crippen LogP) is 4.57. The van der Waals surface area contributed by atoms with Crippen LogP contribution in [-0.4, -0.2) is 49.9 Å². The van der Waals surface area contributed by atoms with Gasteiger partial charge in [-0.15, -0.1) is 0 Å². The second kappa shape index (κ2) is 10.7. The Balaban J connectivity index is 1.24. The summed E-state index contributed by atoms with van der Waals surface area (Å²) in [5.41, 5.74) is -0.176. The minimum atomic E-state index is -0.810.